The molecule has 0 saturated heterocycles. The predicted molar refractivity (Wildman–Crippen MR) is 77.9 cm³/mol. The molecule has 2 aromatic rings. The Morgan fingerprint density at radius 2 is 1.82 bits per heavy atom. The highest BCUT2D eigenvalue weighted by Crippen LogP contribution is 2.31. The van der Waals surface area contributed by atoms with E-state index in [4.69, 9.17) is 0 Å². The lowest BCUT2D eigenvalue weighted by atomic mass is 10.1. The molecule has 0 atom stereocenters. The monoisotopic (exact) mass is 311 g/mol. The predicted octanol–water partition coefficient (Wildman–Crippen LogP) is 3.84. The summed E-state index contributed by atoms with van der Waals surface area (Å²) in [6.45, 7) is 5.80. The van der Waals surface area contributed by atoms with Crippen molar-refractivity contribution in [2.75, 3.05) is 10.6 Å². The Bertz CT molecular complexity index is 649. The number of anilines is 3. The summed E-state index contributed by atoms with van der Waals surface area (Å²) in [5.74, 6) is 0.602. The molecule has 0 aliphatic carbocycles. The van der Waals surface area contributed by atoms with Crippen LogP contribution in [-0.4, -0.2) is 20.7 Å². The van der Waals surface area contributed by atoms with Crippen LogP contribution in [0.2, 0.25) is 0 Å². The van der Waals surface area contributed by atoms with E-state index in [1.807, 2.05) is 20.8 Å². The minimum absolute atomic E-state index is 0.253. The zero-order valence-corrected chi connectivity index (χ0v) is 12.4. The van der Waals surface area contributed by atoms with Crippen molar-refractivity contribution in [2.24, 2.45) is 0 Å². The number of benzene rings is 1. The molecule has 8 heteroatoms. The summed E-state index contributed by atoms with van der Waals surface area (Å²) in [7, 11) is 0. The van der Waals surface area contributed by atoms with Gasteiger partial charge in [-0.15, -0.1) is 5.10 Å². The van der Waals surface area contributed by atoms with Crippen LogP contribution in [0.15, 0.2) is 30.5 Å². The average molecular weight is 311 g/mol. The molecule has 5 nitrogen and oxygen atoms in total. The molecule has 0 bridgehead atoms. The van der Waals surface area contributed by atoms with Gasteiger partial charge in [-0.2, -0.15) is 23.3 Å². The van der Waals surface area contributed by atoms with Crippen LogP contribution in [0.1, 0.15) is 26.3 Å². The molecule has 0 aliphatic rings. The zero-order chi connectivity index (χ0) is 16.4. The Labute approximate surface area is 126 Å². The van der Waals surface area contributed by atoms with Crippen molar-refractivity contribution < 1.29 is 13.2 Å². The fourth-order valence-electron chi connectivity index (χ4n) is 1.67. The van der Waals surface area contributed by atoms with Crippen LogP contribution in [-0.2, 0) is 6.18 Å². The quantitative estimate of drug-likeness (QED) is 0.901. The van der Waals surface area contributed by atoms with Gasteiger partial charge < -0.3 is 10.6 Å². The van der Waals surface area contributed by atoms with Crippen molar-refractivity contribution in [2.45, 2.75) is 32.5 Å². The zero-order valence-electron chi connectivity index (χ0n) is 12.4. The van der Waals surface area contributed by atoms with Crippen LogP contribution >= 0.6 is 0 Å². The van der Waals surface area contributed by atoms with E-state index in [2.05, 4.69) is 25.8 Å². The van der Waals surface area contributed by atoms with Gasteiger partial charge in [0.25, 0.3) is 0 Å². The maximum absolute atomic E-state index is 12.7. The van der Waals surface area contributed by atoms with Crippen LogP contribution in [0, 0.1) is 0 Å². The molecule has 0 radical (unpaired) electrons. The van der Waals surface area contributed by atoms with Crippen molar-refractivity contribution in [1.82, 2.24) is 15.2 Å². The topological polar surface area (TPSA) is 62.7 Å². The second kappa shape index (κ2) is 5.78. The first-order valence-corrected chi connectivity index (χ1v) is 6.56. The molecule has 0 aliphatic heterocycles. The second-order valence-corrected chi connectivity index (χ2v) is 5.74. The van der Waals surface area contributed by atoms with E-state index < -0.39 is 11.7 Å². The molecule has 1 aromatic carbocycles. The number of alkyl halides is 3. The highest BCUT2D eigenvalue weighted by molar-refractivity contribution is 5.57. The maximum Gasteiger partial charge on any atom is 0.416 e. The summed E-state index contributed by atoms with van der Waals surface area (Å²) >= 11 is 0. The highest BCUT2D eigenvalue weighted by atomic mass is 19.4. The summed E-state index contributed by atoms with van der Waals surface area (Å²) in [4.78, 5) is 4.17. The van der Waals surface area contributed by atoms with Crippen LogP contribution < -0.4 is 10.6 Å². The Kier molecular flexibility index (Phi) is 4.20. The number of halogens is 3. The summed E-state index contributed by atoms with van der Waals surface area (Å²) < 4.78 is 38.0. The van der Waals surface area contributed by atoms with Gasteiger partial charge in [0, 0.05) is 11.2 Å². The van der Waals surface area contributed by atoms with Crippen molar-refractivity contribution >= 4 is 17.5 Å². The third-order valence-electron chi connectivity index (χ3n) is 2.51. The molecule has 1 heterocycles. The molecular formula is C14H16F3N5. The largest absolute Gasteiger partial charge is 0.416 e. The van der Waals surface area contributed by atoms with Gasteiger partial charge in [0.2, 0.25) is 5.95 Å². The Morgan fingerprint density at radius 3 is 2.45 bits per heavy atom. The van der Waals surface area contributed by atoms with Gasteiger partial charge in [-0.05, 0) is 39.0 Å². The standard InChI is InChI=1S/C14H16F3N5/c1-13(2,3)21-12-20-11(8-18-22-12)19-10-6-4-5-9(7-10)14(15,16)17/h4-8H,1-3H3,(H2,19,20,21,22). The fourth-order valence-corrected chi connectivity index (χ4v) is 1.67. The Morgan fingerprint density at radius 1 is 1.09 bits per heavy atom. The molecule has 22 heavy (non-hydrogen) atoms. The van der Waals surface area contributed by atoms with Gasteiger partial charge in [-0.1, -0.05) is 6.07 Å². The van der Waals surface area contributed by atoms with E-state index in [1.54, 1.807) is 0 Å². The normalized spacial score (nSPS) is 12.1. The molecule has 2 rings (SSSR count). The third kappa shape index (κ3) is 4.57. The highest BCUT2D eigenvalue weighted by Gasteiger charge is 2.30. The molecule has 0 unspecified atom stereocenters. The number of hydrogen-bond acceptors (Lipinski definition) is 5. The van der Waals surface area contributed by atoms with Crippen LogP contribution in [0.4, 0.5) is 30.6 Å². The summed E-state index contributed by atoms with van der Waals surface area (Å²) in [6, 6.07) is 4.87. The van der Waals surface area contributed by atoms with E-state index in [0.717, 1.165) is 12.1 Å². The van der Waals surface area contributed by atoms with Gasteiger partial charge in [0.05, 0.1) is 11.8 Å². The fraction of sp³-hybridized carbons (Fsp3) is 0.357. The van der Waals surface area contributed by atoms with Crippen molar-refractivity contribution in [3.8, 4) is 0 Å². The smallest absolute Gasteiger partial charge is 0.348 e. The maximum atomic E-state index is 12.7. The van der Waals surface area contributed by atoms with Crippen molar-refractivity contribution in [1.29, 1.82) is 0 Å². The molecular weight excluding hydrogens is 295 g/mol. The number of rotatable bonds is 3. The van der Waals surface area contributed by atoms with Gasteiger partial charge in [-0.3, -0.25) is 0 Å². The van der Waals surface area contributed by atoms with E-state index >= 15 is 0 Å². The first-order valence-electron chi connectivity index (χ1n) is 6.56. The average Bonchev–Trinajstić information content (AvgIpc) is 2.36. The minimum atomic E-state index is -4.39. The molecule has 0 saturated carbocycles. The summed E-state index contributed by atoms with van der Waals surface area (Å²) in [5.41, 5.74) is -0.708. The SMILES string of the molecule is CC(C)(C)Nc1nncc(Nc2cccc(C(F)(F)F)c2)n1. The molecule has 0 spiro atoms. The van der Waals surface area contributed by atoms with Gasteiger partial charge >= 0.3 is 6.18 Å². The van der Waals surface area contributed by atoms with Crippen molar-refractivity contribution in [3.63, 3.8) is 0 Å². The van der Waals surface area contributed by atoms with E-state index in [-0.39, 0.29) is 11.2 Å². The van der Waals surface area contributed by atoms with Crippen molar-refractivity contribution in [3.05, 3.63) is 36.0 Å². The summed E-state index contributed by atoms with van der Waals surface area (Å²) in [6.07, 6.45) is -3.05. The van der Waals surface area contributed by atoms with Crippen LogP contribution in [0.25, 0.3) is 0 Å². The van der Waals surface area contributed by atoms with Gasteiger partial charge in [0.1, 0.15) is 0 Å². The lowest BCUT2D eigenvalue weighted by molar-refractivity contribution is -0.137. The first-order chi connectivity index (χ1) is 10.1. The first kappa shape index (κ1) is 16.0. The van der Waals surface area contributed by atoms with E-state index in [1.165, 1.54) is 18.3 Å². The molecule has 0 amide bonds. The Hall–Kier alpha value is -2.38. The van der Waals surface area contributed by atoms with E-state index in [9.17, 15) is 13.2 Å². The second-order valence-electron chi connectivity index (χ2n) is 5.74. The summed E-state index contributed by atoms with van der Waals surface area (Å²) in [5, 5.41) is 13.4. The van der Waals surface area contributed by atoms with Gasteiger partial charge in [0.15, 0.2) is 5.82 Å². The Balaban J connectivity index is 2.19. The molecule has 1 aromatic heterocycles. The lowest BCUT2D eigenvalue weighted by Crippen LogP contribution is -2.27. The molecule has 0 fully saturated rings. The number of aromatic nitrogens is 3. The minimum Gasteiger partial charge on any atom is -0.348 e. The lowest BCUT2D eigenvalue weighted by Gasteiger charge is -2.20. The number of hydrogen-bond donors (Lipinski definition) is 2. The van der Waals surface area contributed by atoms with Crippen LogP contribution in [0.5, 0.6) is 0 Å². The third-order valence-corrected chi connectivity index (χ3v) is 2.51. The van der Waals surface area contributed by atoms with Crippen LogP contribution in [0.3, 0.4) is 0 Å². The molecule has 2 N–H and O–H groups in total. The number of nitrogens with zero attached hydrogens (tertiary/aromatic N) is 3. The number of nitrogens with one attached hydrogen (secondary N) is 2. The molecule has 118 valence electrons. The van der Waals surface area contributed by atoms with Gasteiger partial charge in [-0.25, -0.2) is 0 Å². The van der Waals surface area contributed by atoms with E-state index in [0.29, 0.717) is 11.8 Å².